The van der Waals surface area contributed by atoms with Crippen LogP contribution in [0.4, 0.5) is 0 Å². The molecule has 0 aromatic heterocycles. The summed E-state index contributed by atoms with van der Waals surface area (Å²) in [7, 11) is 0. The third-order valence-corrected chi connectivity index (χ3v) is 3.37. The lowest BCUT2D eigenvalue weighted by molar-refractivity contribution is -0.149. The van der Waals surface area contributed by atoms with Crippen molar-refractivity contribution in [3.05, 3.63) is 0 Å². The minimum absolute atomic E-state index is 0.308. The van der Waals surface area contributed by atoms with Gasteiger partial charge in [-0.1, -0.05) is 32.6 Å². The van der Waals surface area contributed by atoms with Gasteiger partial charge in [0.2, 0.25) is 0 Å². The summed E-state index contributed by atoms with van der Waals surface area (Å²) in [4.78, 5) is 11.6. The summed E-state index contributed by atoms with van der Waals surface area (Å²) in [5, 5.41) is 0. The normalized spacial score (nSPS) is 14.0. The molecule has 0 spiro atoms. The van der Waals surface area contributed by atoms with Crippen molar-refractivity contribution in [2.24, 2.45) is 5.73 Å². The maximum atomic E-state index is 11.6. The molecule has 0 aliphatic rings. The SMILES string of the molecule is CCCCCCCOCCCCC(C)(N)C(=O)OCC. The standard InChI is InChI=1S/C16H33NO3/c1-4-6-7-8-10-13-19-14-11-9-12-16(3,17)15(18)20-5-2/h4-14,17H2,1-3H3. The van der Waals surface area contributed by atoms with Gasteiger partial charge in [-0.15, -0.1) is 0 Å². The Kier molecular flexibility index (Phi) is 11.8. The number of carbonyl (C=O) groups excluding carboxylic acids is 1. The van der Waals surface area contributed by atoms with E-state index in [0.29, 0.717) is 13.0 Å². The van der Waals surface area contributed by atoms with Crippen LogP contribution < -0.4 is 5.73 Å². The third kappa shape index (κ3) is 10.2. The van der Waals surface area contributed by atoms with Gasteiger partial charge in [-0.25, -0.2) is 0 Å². The highest BCUT2D eigenvalue weighted by Gasteiger charge is 2.28. The van der Waals surface area contributed by atoms with Gasteiger partial charge in [0.1, 0.15) is 5.54 Å². The van der Waals surface area contributed by atoms with Crippen LogP contribution in [0, 0.1) is 0 Å². The molecule has 4 heteroatoms. The second-order valence-electron chi connectivity index (χ2n) is 5.62. The van der Waals surface area contributed by atoms with Crippen LogP contribution in [0.5, 0.6) is 0 Å². The predicted octanol–water partition coefficient (Wildman–Crippen LogP) is 3.42. The fraction of sp³-hybridized carbons (Fsp3) is 0.938. The van der Waals surface area contributed by atoms with Gasteiger partial charge in [0.25, 0.3) is 0 Å². The van der Waals surface area contributed by atoms with Gasteiger partial charge in [-0.2, -0.15) is 0 Å². The average molecular weight is 287 g/mol. The van der Waals surface area contributed by atoms with Crippen molar-refractivity contribution >= 4 is 5.97 Å². The van der Waals surface area contributed by atoms with E-state index < -0.39 is 5.54 Å². The van der Waals surface area contributed by atoms with Crippen LogP contribution >= 0.6 is 0 Å². The summed E-state index contributed by atoms with van der Waals surface area (Å²) in [5.74, 6) is -0.308. The zero-order chi connectivity index (χ0) is 15.3. The molecule has 0 heterocycles. The fourth-order valence-electron chi connectivity index (χ4n) is 2.00. The van der Waals surface area contributed by atoms with Crippen molar-refractivity contribution < 1.29 is 14.3 Å². The fourth-order valence-corrected chi connectivity index (χ4v) is 2.00. The molecule has 0 aliphatic carbocycles. The van der Waals surface area contributed by atoms with Crippen LogP contribution in [0.1, 0.15) is 72.1 Å². The average Bonchev–Trinajstić information content (AvgIpc) is 2.41. The zero-order valence-corrected chi connectivity index (χ0v) is 13.6. The van der Waals surface area contributed by atoms with Crippen LogP contribution in [0.25, 0.3) is 0 Å². The molecule has 0 aliphatic heterocycles. The van der Waals surface area contributed by atoms with Crippen LogP contribution in [0.15, 0.2) is 0 Å². The van der Waals surface area contributed by atoms with E-state index in [1.807, 2.05) is 0 Å². The molecule has 1 unspecified atom stereocenters. The molecule has 0 fully saturated rings. The van der Waals surface area contributed by atoms with Crippen LogP contribution in [0.3, 0.4) is 0 Å². The highest BCUT2D eigenvalue weighted by atomic mass is 16.5. The summed E-state index contributed by atoms with van der Waals surface area (Å²) >= 11 is 0. The quantitative estimate of drug-likeness (QED) is 0.416. The maximum Gasteiger partial charge on any atom is 0.325 e. The third-order valence-electron chi connectivity index (χ3n) is 3.37. The number of hydrogen-bond donors (Lipinski definition) is 1. The molecule has 0 saturated carbocycles. The number of rotatable bonds is 13. The van der Waals surface area contributed by atoms with Gasteiger partial charge < -0.3 is 15.2 Å². The van der Waals surface area contributed by atoms with Crippen LogP contribution in [-0.4, -0.2) is 31.3 Å². The maximum absolute atomic E-state index is 11.6. The number of ether oxygens (including phenoxy) is 2. The lowest BCUT2D eigenvalue weighted by Gasteiger charge is -2.21. The van der Waals surface area contributed by atoms with Crippen LogP contribution in [0.2, 0.25) is 0 Å². The monoisotopic (exact) mass is 287 g/mol. The van der Waals surface area contributed by atoms with E-state index in [2.05, 4.69) is 6.92 Å². The molecule has 2 N–H and O–H groups in total. The minimum atomic E-state index is -0.865. The van der Waals surface area contributed by atoms with E-state index in [-0.39, 0.29) is 5.97 Å². The number of nitrogens with two attached hydrogens (primary N) is 1. The van der Waals surface area contributed by atoms with Crippen molar-refractivity contribution in [2.75, 3.05) is 19.8 Å². The first-order valence-electron chi connectivity index (χ1n) is 8.08. The van der Waals surface area contributed by atoms with Gasteiger partial charge >= 0.3 is 5.97 Å². The number of carbonyl (C=O) groups is 1. The van der Waals surface area contributed by atoms with Gasteiger partial charge in [-0.05, 0) is 39.5 Å². The molecule has 0 rings (SSSR count). The molecule has 0 amide bonds. The largest absolute Gasteiger partial charge is 0.465 e. The lowest BCUT2D eigenvalue weighted by Crippen LogP contribution is -2.46. The predicted molar refractivity (Wildman–Crippen MR) is 82.7 cm³/mol. The van der Waals surface area contributed by atoms with Crippen molar-refractivity contribution in [2.45, 2.75) is 77.7 Å². The smallest absolute Gasteiger partial charge is 0.325 e. The second-order valence-corrected chi connectivity index (χ2v) is 5.62. The van der Waals surface area contributed by atoms with Crippen LogP contribution in [-0.2, 0) is 14.3 Å². The Bertz CT molecular complexity index is 242. The molecule has 0 radical (unpaired) electrons. The Morgan fingerprint density at radius 1 is 1.00 bits per heavy atom. The van der Waals surface area contributed by atoms with Crippen molar-refractivity contribution in [3.63, 3.8) is 0 Å². The van der Waals surface area contributed by atoms with Gasteiger partial charge in [0.15, 0.2) is 0 Å². The molecule has 4 nitrogen and oxygen atoms in total. The summed E-state index contributed by atoms with van der Waals surface area (Å²) in [5.41, 5.74) is 5.07. The molecular formula is C16H33NO3. The molecule has 0 aromatic rings. The van der Waals surface area contributed by atoms with Crippen molar-refractivity contribution in [1.29, 1.82) is 0 Å². The Morgan fingerprint density at radius 3 is 2.20 bits per heavy atom. The Hall–Kier alpha value is -0.610. The number of unbranched alkanes of at least 4 members (excludes halogenated alkanes) is 5. The molecule has 0 aromatic carbocycles. The van der Waals surface area contributed by atoms with E-state index in [1.54, 1.807) is 13.8 Å². The summed E-state index contributed by atoms with van der Waals surface area (Å²) in [6.07, 6.45) is 8.80. The molecule has 20 heavy (non-hydrogen) atoms. The van der Waals surface area contributed by atoms with E-state index >= 15 is 0 Å². The Morgan fingerprint density at radius 2 is 1.60 bits per heavy atom. The molecule has 1 atom stereocenters. The van der Waals surface area contributed by atoms with Gasteiger partial charge in [0.05, 0.1) is 6.61 Å². The lowest BCUT2D eigenvalue weighted by atomic mass is 9.96. The first-order chi connectivity index (χ1) is 9.54. The topological polar surface area (TPSA) is 61.5 Å². The highest BCUT2D eigenvalue weighted by Crippen LogP contribution is 2.13. The first kappa shape index (κ1) is 19.4. The minimum Gasteiger partial charge on any atom is -0.465 e. The number of esters is 1. The second kappa shape index (κ2) is 12.2. The Balaban J connectivity index is 3.41. The Labute approximate surface area is 124 Å². The molecule has 0 bridgehead atoms. The molecule has 0 saturated heterocycles. The molecule has 120 valence electrons. The van der Waals surface area contributed by atoms with Crippen molar-refractivity contribution in [1.82, 2.24) is 0 Å². The first-order valence-corrected chi connectivity index (χ1v) is 8.08. The van der Waals surface area contributed by atoms with Gasteiger partial charge in [-0.3, -0.25) is 4.79 Å². The zero-order valence-electron chi connectivity index (χ0n) is 13.6. The molecular weight excluding hydrogens is 254 g/mol. The summed E-state index contributed by atoms with van der Waals surface area (Å²) in [6.45, 7) is 7.74. The van der Waals surface area contributed by atoms with E-state index in [0.717, 1.165) is 32.5 Å². The summed E-state index contributed by atoms with van der Waals surface area (Å²) < 4.78 is 10.5. The highest BCUT2D eigenvalue weighted by molar-refractivity contribution is 5.79. The number of hydrogen-bond acceptors (Lipinski definition) is 4. The van der Waals surface area contributed by atoms with E-state index in [1.165, 1.54) is 25.7 Å². The van der Waals surface area contributed by atoms with E-state index in [9.17, 15) is 4.79 Å². The van der Waals surface area contributed by atoms with Crippen molar-refractivity contribution in [3.8, 4) is 0 Å². The summed E-state index contributed by atoms with van der Waals surface area (Å²) in [6, 6.07) is 0. The van der Waals surface area contributed by atoms with Gasteiger partial charge in [0, 0.05) is 13.2 Å². The van der Waals surface area contributed by atoms with E-state index in [4.69, 9.17) is 15.2 Å².